The zero-order chi connectivity index (χ0) is 21.0. The largest absolute Gasteiger partial charge is 0.459 e. The second-order valence-corrected chi connectivity index (χ2v) is 6.82. The number of esters is 1. The molecule has 29 heavy (non-hydrogen) atoms. The number of ether oxygens (including phenoxy) is 1. The number of amides is 2. The molecule has 7 heteroatoms. The van der Waals surface area contributed by atoms with E-state index in [1.54, 1.807) is 38.1 Å². The number of hydrogen-bond donors (Lipinski definition) is 2. The highest BCUT2D eigenvalue weighted by atomic mass is 16.5. The van der Waals surface area contributed by atoms with Crippen LogP contribution in [0.5, 0.6) is 0 Å². The summed E-state index contributed by atoms with van der Waals surface area (Å²) in [5.41, 5.74) is 2.87. The molecule has 1 aliphatic heterocycles. The molecule has 7 nitrogen and oxygen atoms in total. The van der Waals surface area contributed by atoms with Gasteiger partial charge in [0, 0.05) is 11.8 Å². The lowest BCUT2D eigenvalue weighted by molar-refractivity contribution is -0.137. The Hall–Kier alpha value is -3.45. The topological polar surface area (TPSA) is 95.9 Å². The fraction of sp³-hybridized carbons (Fsp3) is 0.227. The molecule has 150 valence electrons. The maximum atomic E-state index is 12.3. The molecule has 0 bridgehead atoms. The Kier molecular flexibility index (Phi) is 6.09. The molecule has 2 N–H and O–H groups in total. The van der Waals surface area contributed by atoms with Crippen LogP contribution in [-0.4, -0.2) is 47.0 Å². The van der Waals surface area contributed by atoms with Gasteiger partial charge in [0.1, 0.15) is 5.70 Å². The average Bonchev–Trinajstić information content (AvgIpc) is 2.95. The summed E-state index contributed by atoms with van der Waals surface area (Å²) < 4.78 is 5.24. The summed E-state index contributed by atoms with van der Waals surface area (Å²) in [4.78, 5) is 37.3. The second kappa shape index (κ2) is 8.70. The van der Waals surface area contributed by atoms with Crippen LogP contribution in [0, 0.1) is 0 Å². The molecule has 1 heterocycles. The van der Waals surface area contributed by atoms with Crippen molar-refractivity contribution in [3.63, 3.8) is 0 Å². The van der Waals surface area contributed by atoms with Crippen molar-refractivity contribution in [1.82, 2.24) is 4.90 Å². The van der Waals surface area contributed by atoms with Gasteiger partial charge in [-0.2, -0.15) is 0 Å². The van der Waals surface area contributed by atoms with Gasteiger partial charge >= 0.3 is 5.97 Å². The molecule has 0 atom stereocenters. The van der Waals surface area contributed by atoms with Crippen LogP contribution >= 0.6 is 0 Å². The third kappa shape index (κ3) is 4.70. The van der Waals surface area contributed by atoms with Crippen molar-refractivity contribution in [2.45, 2.75) is 20.0 Å². The maximum Gasteiger partial charge on any atom is 0.338 e. The standard InChI is InChI=1S/C22H22N2O5/c1-14(2)29-22(28)17-7-3-5-15(11-17)16-6-4-8-18(12-16)23-19-13-20(26)24(9-10-25)21(19)27/h3-8,11-14,23,25H,9-10H2,1-2H3. The van der Waals surface area contributed by atoms with E-state index in [9.17, 15) is 14.4 Å². The summed E-state index contributed by atoms with van der Waals surface area (Å²) >= 11 is 0. The summed E-state index contributed by atoms with van der Waals surface area (Å²) in [6.45, 7) is 3.26. The quantitative estimate of drug-likeness (QED) is 0.554. The molecule has 0 saturated heterocycles. The Bertz CT molecular complexity index is 981. The molecule has 0 saturated carbocycles. The number of nitrogens with zero attached hydrogens (tertiary/aromatic N) is 1. The number of carbonyl (C=O) groups excluding carboxylic acids is 3. The van der Waals surface area contributed by atoms with Crippen molar-refractivity contribution >= 4 is 23.5 Å². The van der Waals surface area contributed by atoms with Crippen LogP contribution in [0.1, 0.15) is 24.2 Å². The van der Waals surface area contributed by atoms with Gasteiger partial charge in [-0.1, -0.05) is 24.3 Å². The molecular weight excluding hydrogens is 372 g/mol. The fourth-order valence-corrected chi connectivity index (χ4v) is 2.95. The zero-order valence-corrected chi connectivity index (χ0v) is 16.2. The number of imide groups is 1. The smallest absolute Gasteiger partial charge is 0.338 e. The first kappa shape index (κ1) is 20.3. The lowest BCUT2D eigenvalue weighted by Gasteiger charge is -2.14. The van der Waals surface area contributed by atoms with Crippen LogP contribution in [0.3, 0.4) is 0 Å². The Morgan fingerprint density at radius 3 is 2.48 bits per heavy atom. The summed E-state index contributed by atoms with van der Waals surface area (Å²) in [7, 11) is 0. The van der Waals surface area contributed by atoms with Gasteiger partial charge in [0.25, 0.3) is 11.8 Å². The molecule has 3 rings (SSSR count). The Labute approximate surface area is 168 Å². The molecule has 0 aromatic heterocycles. The lowest BCUT2D eigenvalue weighted by atomic mass is 10.0. The van der Waals surface area contributed by atoms with Crippen LogP contribution in [0.25, 0.3) is 11.1 Å². The molecule has 0 radical (unpaired) electrons. The minimum atomic E-state index is -0.479. The Balaban J connectivity index is 1.80. The van der Waals surface area contributed by atoms with Crippen LogP contribution < -0.4 is 5.32 Å². The van der Waals surface area contributed by atoms with Crippen molar-refractivity contribution in [2.24, 2.45) is 0 Å². The van der Waals surface area contributed by atoms with Gasteiger partial charge in [-0.3, -0.25) is 14.5 Å². The number of hydrogen-bond acceptors (Lipinski definition) is 6. The second-order valence-electron chi connectivity index (χ2n) is 6.82. The molecule has 2 amide bonds. The number of β-amino-alcohol motifs (C(OH)–C–C–N with tert-alkyl or cyclic N) is 1. The van der Waals surface area contributed by atoms with Crippen LogP contribution in [0.4, 0.5) is 5.69 Å². The SMILES string of the molecule is CC(C)OC(=O)c1cccc(-c2cccc(NC3=CC(=O)N(CCO)C3=O)c2)c1. The van der Waals surface area contributed by atoms with E-state index in [-0.39, 0.29) is 30.9 Å². The molecule has 0 fully saturated rings. The molecule has 0 aliphatic carbocycles. The first-order valence-electron chi connectivity index (χ1n) is 9.26. The number of carbonyl (C=O) groups is 3. The highest BCUT2D eigenvalue weighted by Gasteiger charge is 2.30. The summed E-state index contributed by atoms with van der Waals surface area (Å²) in [5.74, 6) is -1.33. The van der Waals surface area contributed by atoms with Gasteiger partial charge in [-0.25, -0.2) is 4.79 Å². The fourth-order valence-electron chi connectivity index (χ4n) is 2.95. The summed E-state index contributed by atoms with van der Waals surface area (Å²) in [6, 6.07) is 14.4. The maximum absolute atomic E-state index is 12.3. The van der Waals surface area contributed by atoms with Crippen LogP contribution in [0.15, 0.2) is 60.3 Å². The predicted molar refractivity (Wildman–Crippen MR) is 108 cm³/mol. The molecule has 2 aromatic rings. The van der Waals surface area contributed by atoms with E-state index >= 15 is 0 Å². The minimum Gasteiger partial charge on any atom is -0.459 e. The predicted octanol–water partition coefficient (Wildman–Crippen LogP) is 2.58. The van der Waals surface area contributed by atoms with E-state index in [1.165, 1.54) is 6.08 Å². The average molecular weight is 394 g/mol. The summed E-state index contributed by atoms with van der Waals surface area (Å²) in [6.07, 6.45) is 1.01. The molecule has 0 unspecified atom stereocenters. The van der Waals surface area contributed by atoms with Gasteiger partial charge < -0.3 is 15.2 Å². The highest BCUT2D eigenvalue weighted by Crippen LogP contribution is 2.25. The van der Waals surface area contributed by atoms with Crippen molar-refractivity contribution in [1.29, 1.82) is 0 Å². The number of nitrogens with one attached hydrogen (secondary N) is 1. The highest BCUT2D eigenvalue weighted by molar-refractivity contribution is 6.17. The van der Waals surface area contributed by atoms with Gasteiger partial charge in [0.15, 0.2) is 0 Å². The van der Waals surface area contributed by atoms with E-state index < -0.39 is 11.8 Å². The minimum absolute atomic E-state index is 0.0430. The van der Waals surface area contributed by atoms with Gasteiger partial charge in [0.05, 0.1) is 24.8 Å². The third-order valence-corrected chi connectivity index (χ3v) is 4.25. The van der Waals surface area contributed by atoms with Crippen molar-refractivity contribution in [3.8, 4) is 11.1 Å². The lowest BCUT2D eigenvalue weighted by Crippen LogP contribution is -2.34. The van der Waals surface area contributed by atoms with E-state index in [0.29, 0.717) is 11.3 Å². The van der Waals surface area contributed by atoms with E-state index in [4.69, 9.17) is 9.84 Å². The van der Waals surface area contributed by atoms with E-state index in [1.807, 2.05) is 24.3 Å². The first-order valence-corrected chi connectivity index (χ1v) is 9.26. The van der Waals surface area contributed by atoms with E-state index in [2.05, 4.69) is 5.32 Å². The Morgan fingerprint density at radius 2 is 1.79 bits per heavy atom. The Morgan fingerprint density at radius 1 is 1.10 bits per heavy atom. The summed E-state index contributed by atoms with van der Waals surface area (Å²) in [5, 5.41) is 11.9. The van der Waals surface area contributed by atoms with E-state index in [0.717, 1.165) is 16.0 Å². The van der Waals surface area contributed by atoms with Gasteiger partial charge in [-0.05, 0) is 49.2 Å². The zero-order valence-electron chi connectivity index (χ0n) is 16.2. The van der Waals surface area contributed by atoms with Gasteiger partial charge in [-0.15, -0.1) is 0 Å². The van der Waals surface area contributed by atoms with Gasteiger partial charge in [0.2, 0.25) is 0 Å². The van der Waals surface area contributed by atoms with Crippen LogP contribution in [0.2, 0.25) is 0 Å². The number of rotatable bonds is 7. The van der Waals surface area contributed by atoms with Crippen molar-refractivity contribution in [2.75, 3.05) is 18.5 Å². The number of benzene rings is 2. The molecule has 0 spiro atoms. The first-order chi connectivity index (χ1) is 13.9. The molecule has 1 aliphatic rings. The monoisotopic (exact) mass is 394 g/mol. The molecule has 2 aromatic carbocycles. The normalized spacial score (nSPS) is 13.7. The number of anilines is 1. The third-order valence-electron chi connectivity index (χ3n) is 4.25. The number of aliphatic hydroxyl groups excluding tert-OH is 1. The van der Waals surface area contributed by atoms with Crippen molar-refractivity contribution < 1.29 is 24.2 Å². The molecular formula is C22H22N2O5. The van der Waals surface area contributed by atoms with Crippen LogP contribution in [-0.2, 0) is 14.3 Å². The number of aliphatic hydroxyl groups is 1. The van der Waals surface area contributed by atoms with Crippen molar-refractivity contribution in [3.05, 3.63) is 65.9 Å².